The molecule has 2 rings (SSSR count). The second-order valence-electron chi connectivity index (χ2n) is 6.08. The first kappa shape index (κ1) is 15.5. The van der Waals surface area contributed by atoms with Crippen LogP contribution in [0.15, 0.2) is 48.6 Å². The molecule has 1 saturated heterocycles. The molecule has 0 aromatic rings. The molecule has 0 N–H and O–H groups in total. The van der Waals surface area contributed by atoms with Gasteiger partial charge in [0.1, 0.15) is 0 Å². The van der Waals surface area contributed by atoms with Gasteiger partial charge in [-0.05, 0) is 33.1 Å². The fourth-order valence-electron chi connectivity index (χ4n) is 2.83. The van der Waals surface area contributed by atoms with Crippen molar-refractivity contribution in [1.82, 2.24) is 4.90 Å². The first-order chi connectivity index (χ1) is 9.97. The zero-order chi connectivity index (χ0) is 15.5. The van der Waals surface area contributed by atoms with E-state index in [9.17, 15) is 9.59 Å². The molecule has 0 radical (unpaired) electrons. The molecule has 0 aromatic heterocycles. The lowest BCUT2D eigenvalue weighted by Crippen LogP contribution is -2.33. The van der Waals surface area contributed by atoms with Crippen LogP contribution in [0.1, 0.15) is 33.1 Å². The Morgan fingerprint density at radius 2 is 2.14 bits per heavy atom. The molecule has 21 heavy (non-hydrogen) atoms. The van der Waals surface area contributed by atoms with E-state index in [-0.39, 0.29) is 17.7 Å². The van der Waals surface area contributed by atoms with Gasteiger partial charge in [-0.15, -0.1) is 6.58 Å². The quantitative estimate of drug-likeness (QED) is 0.426. The van der Waals surface area contributed by atoms with E-state index in [1.54, 1.807) is 0 Å². The molecule has 3 nitrogen and oxygen atoms in total. The molecular formula is C18H23NO2. The summed E-state index contributed by atoms with van der Waals surface area (Å²) in [5, 5.41) is 0. The first-order valence-electron chi connectivity index (χ1n) is 7.48. The molecule has 1 aliphatic heterocycles. The minimum Gasteiger partial charge on any atom is -0.277 e. The number of likely N-dealkylation sites (tertiary alicyclic amines) is 1. The van der Waals surface area contributed by atoms with Gasteiger partial charge in [0.05, 0.1) is 11.3 Å². The number of nitrogens with zero attached hydrogens (tertiary/aromatic N) is 1. The molecule has 1 fully saturated rings. The van der Waals surface area contributed by atoms with E-state index in [2.05, 4.69) is 6.58 Å². The van der Waals surface area contributed by atoms with Gasteiger partial charge >= 0.3 is 0 Å². The van der Waals surface area contributed by atoms with Gasteiger partial charge in [0.25, 0.3) is 0 Å². The summed E-state index contributed by atoms with van der Waals surface area (Å²) in [6.45, 7) is 8.11. The molecule has 2 aliphatic rings. The van der Waals surface area contributed by atoms with Crippen LogP contribution in [0.2, 0.25) is 0 Å². The minimum atomic E-state index is -0.695. The molecular weight excluding hydrogens is 262 g/mol. The van der Waals surface area contributed by atoms with Crippen LogP contribution >= 0.6 is 0 Å². The summed E-state index contributed by atoms with van der Waals surface area (Å²) < 4.78 is 0. The third kappa shape index (κ3) is 3.07. The standard InChI is InChI=1S/C18H23NO2/c1-14(2)10-6-4-5-9-13-19-16(20)15-11-7-8-12-18(15,3)17(19)21/h5,7-9,11-12,15H,1,4,6,10,13H2,2-3H3. The highest BCUT2D eigenvalue weighted by molar-refractivity contribution is 6.09. The van der Waals surface area contributed by atoms with Gasteiger partial charge in [0.2, 0.25) is 11.8 Å². The predicted octanol–water partition coefficient (Wildman–Crippen LogP) is 3.41. The van der Waals surface area contributed by atoms with Gasteiger partial charge < -0.3 is 0 Å². The number of rotatable bonds is 6. The van der Waals surface area contributed by atoms with E-state index >= 15 is 0 Å². The lowest BCUT2D eigenvalue weighted by molar-refractivity contribution is -0.139. The van der Waals surface area contributed by atoms with Crippen molar-refractivity contribution >= 4 is 11.8 Å². The maximum Gasteiger partial charge on any atom is 0.240 e. The summed E-state index contributed by atoms with van der Waals surface area (Å²) in [6.07, 6.45) is 14.3. The number of unbranched alkanes of at least 4 members (excludes halogenated alkanes) is 1. The van der Waals surface area contributed by atoms with E-state index in [1.807, 2.05) is 50.3 Å². The van der Waals surface area contributed by atoms with Crippen LogP contribution in [-0.2, 0) is 9.59 Å². The molecule has 0 spiro atoms. The highest BCUT2D eigenvalue weighted by Gasteiger charge is 2.53. The highest BCUT2D eigenvalue weighted by Crippen LogP contribution is 2.41. The number of hydrogen-bond donors (Lipinski definition) is 0. The molecule has 0 saturated carbocycles. The van der Waals surface area contributed by atoms with Gasteiger partial charge in [0, 0.05) is 6.54 Å². The van der Waals surface area contributed by atoms with Gasteiger partial charge in [-0.25, -0.2) is 0 Å². The monoisotopic (exact) mass is 285 g/mol. The van der Waals surface area contributed by atoms with Gasteiger partial charge in [-0.2, -0.15) is 0 Å². The van der Waals surface area contributed by atoms with Crippen molar-refractivity contribution in [3.8, 4) is 0 Å². The highest BCUT2D eigenvalue weighted by atomic mass is 16.2. The van der Waals surface area contributed by atoms with Crippen molar-refractivity contribution in [3.63, 3.8) is 0 Å². The van der Waals surface area contributed by atoms with Crippen molar-refractivity contribution < 1.29 is 9.59 Å². The third-order valence-corrected chi connectivity index (χ3v) is 4.17. The fraction of sp³-hybridized carbons (Fsp3) is 0.444. The molecule has 112 valence electrons. The van der Waals surface area contributed by atoms with Gasteiger partial charge in [-0.3, -0.25) is 14.5 Å². The molecule has 1 aliphatic carbocycles. The average molecular weight is 285 g/mol. The first-order valence-corrected chi connectivity index (χ1v) is 7.48. The number of hydrogen-bond acceptors (Lipinski definition) is 2. The maximum absolute atomic E-state index is 12.5. The average Bonchev–Trinajstić information content (AvgIpc) is 2.63. The van der Waals surface area contributed by atoms with Crippen LogP contribution < -0.4 is 0 Å². The Morgan fingerprint density at radius 1 is 1.38 bits per heavy atom. The molecule has 0 bridgehead atoms. The molecule has 2 atom stereocenters. The molecule has 3 heteroatoms. The summed E-state index contributed by atoms with van der Waals surface area (Å²) in [7, 11) is 0. The van der Waals surface area contributed by atoms with E-state index in [0.717, 1.165) is 19.3 Å². The maximum atomic E-state index is 12.5. The number of carbonyl (C=O) groups is 2. The van der Waals surface area contributed by atoms with Crippen molar-refractivity contribution in [2.24, 2.45) is 11.3 Å². The Balaban J connectivity index is 1.92. The zero-order valence-electron chi connectivity index (χ0n) is 12.8. The molecule has 2 unspecified atom stereocenters. The van der Waals surface area contributed by atoms with Crippen molar-refractivity contribution in [2.45, 2.75) is 33.1 Å². The van der Waals surface area contributed by atoms with Crippen LogP contribution in [0.5, 0.6) is 0 Å². The normalized spacial score (nSPS) is 27.7. The van der Waals surface area contributed by atoms with Crippen LogP contribution in [0.3, 0.4) is 0 Å². The smallest absolute Gasteiger partial charge is 0.240 e. The second kappa shape index (κ2) is 6.25. The van der Waals surface area contributed by atoms with Gasteiger partial charge in [-0.1, -0.05) is 42.0 Å². The Kier molecular flexibility index (Phi) is 4.61. The van der Waals surface area contributed by atoms with E-state index in [0.29, 0.717) is 6.54 Å². The van der Waals surface area contributed by atoms with Crippen molar-refractivity contribution in [3.05, 3.63) is 48.6 Å². The van der Waals surface area contributed by atoms with Gasteiger partial charge in [0.15, 0.2) is 0 Å². The van der Waals surface area contributed by atoms with Crippen LogP contribution in [-0.4, -0.2) is 23.3 Å². The second-order valence-corrected chi connectivity index (χ2v) is 6.08. The van der Waals surface area contributed by atoms with Crippen LogP contribution in [0.25, 0.3) is 0 Å². The third-order valence-electron chi connectivity index (χ3n) is 4.17. The molecule has 0 aromatic carbocycles. The van der Waals surface area contributed by atoms with E-state index in [1.165, 1.54) is 10.5 Å². The molecule has 2 amide bonds. The number of fused-ring (bicyclic) bond motifs is 1. The number of allylic oxidation sites excluding steroid dienone is 4. The SMILES string of the molecule is C=C(C)CCCC=CCN1C(=O)C2C=CC=CC2(C)C1=O. The van der Waals surface area contributed by atoms with E-state index in [4.69, 9.17) is 0 Å². The Labute approximate surface area is 126 Å². The topological polar surface area (TPSA) is 37.4 Å². The largest absolute Gasteiger partial charge is 0.277 e. The Bertz CT molecular complexity index is 541. The summed E-state index contributed by atoms with van der Waals surface area (Å²) in [6, 6.07) is 0. The van der Waals surface area contributed by atoms with Crippen LogP contribution in [0.4, 0.5) is 0 Å². The Hall–Kier alpha value is -1.90. The number of carbonyl (C=O) groups excluding carboxylic acids is 2. The lowest BCUT2D eigenvalue weighted by Gasteiger charge is -2.22. The zero-order valence-corrected chi connectivity index (χ0v) is 12.8. The van der Waals surface area contributed by atoms with E-state index < -0.39 is 5.41 Å². The lowest BCUT2D eigenvalue weighted by atomic mass is 9.76. The van der Waals surface area contributed by atoms with Crippen molar-refractivity contribution in [2.75, 3.05) is 6.54 Å². The number of imide groups is 1. The summed E-state index contributed by atoms with van der Waals surface area (Å²) in [5.41, 5.74) is 0.489. The van der Waals surface area contributed by atoms with Crippen LogP contribution in [0, 0.1) is 11.3 Å². The fourth-order valence-corrected chi connectivity index (χ4v) is 2.83. The Morgan fingerprint density at radius 3 is 2.81 bits per heavy atom. The predicted molar refractivity (Wildman–Crippen MR) is 84.4 cm³/mol. The molecule has 1 heterocycles. The summed E-state index contributed by atoms with van der Waals surface area (Å²) in [4.78, 5) is 26.2. The minimum absolute atomic E-state index is 0.0883. The number of amides is 2. The summed E-state index contributed by atoms with van der Waals surface area (Å²) >= 11 is 0. The summed E-state index contributed by atoms with van der Waals surface area (Å²) in [5.74, 6) is -0.522. The van der Waals surface area contributed by atoms with Crippen molar-refractivity contribution in [1.29, 1.82) is 0 Å².